The van der Waals surface area contributed by atoms with E-state index in [1.807, 2.05) is 19.2 Å². The lowest BCUT2D eigenvalue weighted by molar-refractivity contribution is 0.0742. The second-order valence-corrected chi connectivity index (χ2v) is 6.08. The number of rotatable bonds is 4. The molecular weight excluding hydrogens is 312 g/mol. The molecule has 118 valence electrons. The fourth-order valence-electron chi connectivity index (χ4n) is 2.09. The van der Waals surface area contributed by atoms with E-state index in [1.165, 1.54) is 0 Å². The van der Waals surface area contributed by atoms with E-state index in [4.69, 9.17) is 0 Å². The molecule has 3 aromatic heterocycles. The van der Waals surface area contributed by atoms with Gasteiger partial charge in [-0.1, -0.05) is 0 Å². The molecule has 1 amide bonds. The Kier molecular flexibility index (Phi) is 4.16. The number of hydrogen-bond donors (Lipinski definition) is 0. The first-order valence-corrected chi connectivity index (χ1v) is 7.94. The summed E-state index contributed by atoms with van der Waals surface area (Å²) in [5.74, 6) is 0.575. The van der Waals surface area contributed by atoms with Crippen LogP contribution in [0.3, 0.4) is 0 Å². The molecule has 0 radical (unpaired) electrons. The Morgan fingerprint density at radius 1 is 1.30 bits per heavy atom. The molecule has 3 aromatic rings. The zero-order valence-corrected chi connectivity index (χ0v) is 13.9. The highest BCUT2D eigenvalue weighted by Gasteiger charge is 2.21. The molecule has 3 rings (SSSR count). The van der Waals surface area contributed by atoms with Crippen molar-refractivity contribution < 1.29 is 4.79 Å². The van der Waals surface area contributed by atoms with Gasteiger partial charge in [0, 0.05) is 24.3 Å². The van der Waals surface area contributed by atoms with Crippen molar-refractivity contribution in [3.63, 3.8) is 0 Å². The van der Waals surface area contributed by atoms with Gasteiger partial charge < -0.3 is 4.90 Å². The molecule has 3 heterocycles. The summed E-state index contributed by atoms with van der Waals surface area (Å²) in [6, 6.07) is 3.43. The molecule has 0 aromatic carbocycles. The maximum Gasteiger partial charge on any atom is 0.255 e. The normalized spacial score (nSPS) is 12.1. The minimum absolute atomic E-state index is 0.0845. The number of aryl methyl sites for hydroxylation is 1. The molecule has 0 bridgehead atoms. The third-order valence-electron chi connectivity index (χ3n) is 3.57. The first kappa shape index (κ1) is 15.3. The molecule has 1 atom stereocenters. The van der Waals surface area contributed by atoms with Crippen LogP contribution >= 0.6 is 11.3 Å². The van der Waals surface area contributed by atoms with E-state index in [0.717, 1.165) is 10.7 Å². The van der Waals surface area contributed by atoms with E-state index in [9.17, 15) is 4.79 Å². The predicted octanol–water partition coefficient (Wildman–Crippen LogP) is 2.26. The Hall–Kier alpha value is -2.61. The van der Waals surface area contributed by atoms with E-state index < -0.39 is 0 Å². The summed E-state index contributed by atoms with van der Waals surface area (Å²) in [6.45, 7) is 3.91. The molecule has 7 nitrogen and oxygen atoms in total. The van der Waals surface area contributed by atoms with Gasteiger partial charge in [-0.15, -0.1) is 21.5 Å². The summed E-state index contributed by atoms with van der Waals surface area (Å²) < 4.78 is 1.68. The standard InChI is InChI=1S/C15H16N6OS/c1-10-7-23-14(19-10)11(2)20(3)15(22)12-4-5-13(16-6-12)21-8-17-18-9-21/h4-9,11H,1-3H3/t11-/m1/s1. The minimum Gasteiger partial charge on any atom is -0.332 e. The predicted molar refractivity (Wildman–Crippen MR) is 86.5 cm³/mol. The quantitative estimate of drug-likeness (QED) is 0.734. The number of amides is 1. The zero-order valence-electron chi connectivity index (χ0n) is 13.0. The summed E-state index contributed by atoms with van der Waals surface area (Å²) in [5, 5.41) is 10.4. The fraction of sp³-hybridized carbons (Fsp3) is 0.267. The Morgan fingerprint density at radius 2 is 2.04 bits per heavy atom. The van der Waals surface area contributed by atoms with Gasteiger partial charge in [-0.2, -0.15) is 0 Å². The van der Waals surface area contributed by atoms with Crippen molar-refractivity contribution in [2.24, 2.45) is 0 Å². The number of aromatic nitrogens is 5. The van der Waals surface area contributed by atoms with E-state index in [2.05, 4.69) is 20.2 Å². The maximum atomic E-state index is 12.6. The van der Waals surface area contributed by atoms with Gasteiger partial charge in [0.1, 0.15) is 23.5 Å². The monoisotopic (exact) mass is 328 g/mol. The van der Waals surface area contributed by atoms with Crippen LogP contribution in [0.2, 0.25) is 0 Å². The summed E-state index contributed by atoms with van der Waals surface area (Å²) in [6.07, 6.45) is 4.68. The Bertz CT molecular complexity index is 796. The highest BCUT2D eigenvalue weighted by Crippen LogP contribution is 2.23. The topological polar surface area (TPSA) is 76.8 Å². The van der Waals surface area contributed by atoms with Crippen molar-refractivity contribution in [3.05, 3.63) is 52.6 Å². The van der Waals surface area contributed by atoms with Crippen LogP contribution in [0.1, 0.15) is 34.0 Å². The first-order chi connectivity index (χ1) is 11.1. The molecule has 8 heteroatoms. The Morgan fingerprint density at radius 3 is 2.61 bits per heavy atom. The molecule has 0 aliphatic heterocycles. The van der Waals surface area contributed by atoms with Gasteiger partial charge in [0.05, 0.1) is 11.6 Å². The van der Waals surface area contributed by atoms with E-state index >= 15 is 0 Å². The van der Waals surface area contributed by atoms with Crippen LogP contribution in [-0.4, -0.2) is 42.6 Å². The van der Waals surface area contributed by atoms with Crippen LogP contribution in [0.4, 0.5) is 0 Å². The molecule has 0 aliphatic carbocycles. The van der Waals surface area contributed by atoms with Crippen molar-refractivity contribution in [2.75, 3.05) is 7.05 Å². The van der Waals surface area contributed by atoms with Gasteiger partial charge >= 0.3 is 0 Å². The molecule has 0 unspecified atom stereocenters. The molecule has 0 saturated heterocycles. The van der Waals surface area contributed by atoms with Gasteiger partial charge in [0.25, 0.3) is 5.91 Å². The van der Waals surface area contributed by atoms with Crippen LogP contribution in [0.25, 0.3) is 5.82 Å². The van der Waals surface area contributed by atoms with Gasteiger partial charge in [0.15, 0.2) is 0 Å². The van der Waals surface area contributed by atoms with Crippen molar-refractivity contribution in [3.8, 4) is 5.82 Å². The number of thiazole rings is 1. The number of nitrogens with zero attached hydrogens (tertiary/aromatic N) is 6. The second-order valence-electron chi connectivity index (χ2n) is 5.19. The number of carbonyl (C=O) groups excluding carboxylic acids is 1. The molecule has 0 saturated carbocycles. The molecular formula is C15H16N6OS. The lowest BCUT2D eigenvalue weighted by Crippen LogP contribution is -2.29. The smallest absolute Gasteiger partial charge is 0.255 e. The van der Waals surface area contributed by atoms with E-state index in [0.29, 0.717) is 11.4 Å². The summed E-state index contributed by atoms with van der Waals surface area (Å²) in [5.41, 5.74) is 1.50. The SMILES string of the molecule is Cc1csc([C@@H](C)N(C)C(=O)c2ccc(-n3cnnc3)nc2)n1. The van der Waals surface area contributed by atoms with Crippen molar-refractivity contribution >= 4 is 17.2 Å². The van der Waals surface area contributed by atoms with Crippen molar-refractivity contribution in [1.82, 2.24) is 29.6 Å². The summed E-state index contributed by atoms with van der Waals surface area (Å²) in [7, 11) is 1.78. The number of pyridine rings is 1. The molecule has 0 N–H and O–H groups in total. The molecule has 23 heavy (non-hydrogen) atoms. The van der Waals surface area contributed by atoms with Gasteiger partial charge in [-0.3, -0.25) is 9.36 Å². The first-order valence-electron chi connectivity index (χ1n) is 7.06. The van der Waals surface area contributed by atoms with E-state index in [1.54, 1.807) is 58.8 Å². The lowest BCUT2D eigenvalue weighted by Gasteiger charge is -2.23. The minimum atomic E-state index is -0.0897. The van der Waals surface area contributed by atoms with Crippen molar-refractivity contribution in [2.45, 2.75) is 19.9 Å². The summed E-state index contributed by atoms with van der Waals surface area (Å²) in [4.78, 5) is 23.0. The van der Waals surface area contributed by atoms with Crippen LogP contribution in [0, 0.1) is 6.92 Å². The maximum absolute atomic E-state index is 12.6. The largest absolute Gasteiger partial charge is 0.332 e. The van der Waals surface area contributed by atoms with Gasteiger partial charge in [-0.25, -0.2) is 9.97 Å². The van der Waals surface area contributed by atoms with Crippen LogP contribution in [-0.2, 0) is 0 Å². The number of hydrogen-bond acceptors (Lipinski definition) is 6. The highest BCUT2D eigenvalue weighted by atomic mass is 32.1. The molecule has 0 spiro atoms. The lowest BCUT2D eigenvalue weighted by atomic mass is 10.2. The fourth-order valence-corrected chi connectivity index (χ4v) is 2.99. The average molecular weight is 328 g/mol. The van der Waals surface area contributed by atoms with Gasteiger partial charge in [-0.05, 0) is 26.0 Å². The van der Waals surface area contributed by atoms with Crippen LogP contribution < -0.4 is 0 Å². The third kappa shape index (κ3) is 3.11. The van der Waals surface area contributed by atoms with E-state index in [-0.39, 0.29) is 11.9 Å². The average Bonchev–Trinajstić information content (AvgIpc) is 3.24. The second kappa shape index (κ2) is 6.25. The van der Waals surface area contributed by atoms with Gasteiger partial charge in [0.2, 0.25) is 0 Å². The zero-order chi connectivity index (χ0) is 16.4. The van der Waals surface area contributed by atoms with Crippen LogP contribution in [0.5, 0.6) is 0 Å². The molecule has 0 fully saturated rings. The number of carbonyl (C=O) groups is 1. The Labute approximate surface area is 137 Å². The Balaban J connectivity index is 1.77. The summed E-state index contributed by atoms with van der Waals surface area (Å²) >= 11 is 1.56. The van der Waals surface area contributed by atoms with Crippen LogP contribution in [0.15, 0.2) is 36.4 Å². The third-order valence-corrected chi connectivity index (χ3v) is 4.71. The van der Waals surface area contributed by atoms with Crippen molar-refractivity contribution in [1.29, 1.82) is 0 Å². The molecule has 0 aliphatic rings. The highest BCUT2D eigenvalue weighted by molar-refractivity contribution is 7.09.